The molecule has 9 nitrogen and oxygen atoms in total. The topological polar surface area (TPSA) is 109 Å². The molecule has 3 heterocycles. The molecule has 3 aromatic rings. The first-order chi connectivity index (χ1) is 16.2. The highest BCUT2D eigenvalue weighted by atomic mass is 32.1. The van der Waals surface area contributed by atoms with Gasteiger partial charge in [0.05, 0.1) is 5.92 Å². The second-order valence-electron chi connectivity index (χ2n) is 8.79. The third-order valence-electron chi connectivity index (χ3n) is 5.64. The van der Waals surface area contributed by atoms with Gasteiger partial charge < -0.3 is 15.5 Å². The van der Waals surface area contributed by atoms with Crippen LogP contribution in [0, 0.1) is 18.7 Å². The van der Waals surface area contributed by atoms with Crippen LogP contribution in [0.1, 0.15) is 32.3 Å². The molecule has 1 aliphatic rings. The van der Waals surface area contributed by atoms with Gasteiger partial charge in [-0.3, -0.25) is 19.0 Å². The molecule has 0 aliphatic carbocycles. The number of piperidine rings is 1. The summed E-state index contributed by atoms with van der Waals surface area (Å²) < 4.78 is 15.3. The van der Waals surface area contributed by atoms with Crippen LogP contribution < -0.4 is 21.1 Å². The molecule has 2 N–H and O–H groups in total. The van der Waals surface area contributed by atoms with Crippen LogP contribution in [0.3, 0.4) is 0 Å². The maximum Gasteiger partial charge on any atom is 0.273 e. The highest BCUT2D eigenvalue weighted by Crippen LogP contribution is 2.29. The second kappa shape index (κ2) is 9.88. The molecule has 1 aromatic carbocycles. The SMILES string of the molecule is Cc1ccc(NC(=O)Cn2cnc3nc(N4CCC[C@H](C(=O)NC(C)C)C4)sc3c2=O)cc1F. The number of aryl methyl sites for hydroxylation is 1. The summed E-state index contributed by atoms with van der Waals surface area (Å²) in [5.41, 5.74) is 0.739. The third-order valence-corrected chi connectivity index (χ3v) is 6.73. The van der Waals surface area contributed by atoms with Crippen molar-refractivity contribution in [1.29, 1.82) is 0 Å². The molecular weight excluding hydrogens is 459 g/mol. The van der Waals surface area contributed by atoms with E-state index in [-0.39, 0.29) is 30.0 Å². The Bertz CT molecular complexity index is 1290. The molecule has 1 atom stereocenters. The van der Waals surface area contributed by atoms with Crippen molar-refractivity contribution in [2.24, 2.45) is 5.92 Å². The zero-order valence-electron chi connectivity index (χ0n) is 19.3. The van der Waals surface area contributed by atoms with Crippen LogP contribution in [0.25, 0.3) is 10.3 Å². The molecule has 1 fully saturated rings. The van der Waals surface area contributed by atoms with E-state index in [2.05, 4.69) is 20.6 Å². The average Bonchev–Trinajstić information content (AvgIpc) is 3.23. The minimum absolute atomic E-state index is 0.0285. The Morgan fingerprint density at radius 1 is 1.32 bits per heavy atom. The van der Waals surface area contributed by atoms with Crippen LogP contribution in [0.2, 0.25) is 0 Å². The molecule has 2 amide bonds. The van der Waals surface area contributed by atoms with E-state index in [0.29, 0.717) is 33.3 Å². The van der Waals surface area contributed by atoms with Crippen LogP contribution in [-0.4, -0.2) is 45.5 Å². The number of nitrogens with zero attached hydrogens (tertiary/aromatic N) is 4. The van der Waals surface area contributed by atoms with Crippen molar-refractivity contribution >= 4 is 44.3 Å². The van der Waals surface area contributed by atoms with Gasteiger partial charge in [-0.1, -0.05) is 17.4 Å². The van der Waals surface area contributed by atoms with Crippen molar-refractivity contribution in [2.45, 2.75) is 46.2 Å². The van der Waals surface area contributed by atoms with Crippen molar-refractivity contribution in [2.75, 3.05) is 23.3 Å². The number of halogens is 1. The van der Waals surface area contributed by atoms with Crippen molar-refractivity contribution < 1.29 is 14.0 Å². The summed E-state index contributed by atoms with van der Waals surface area (Å²) in [4.78, 5) is 48.6. The zero-order valence-corrected chi connectivity index (χ0v) is 20.1. The molecule has 11 heteroatoms. The fourth-order valence-electron chi connectivity index (χ4n) is 3.88. The predicted octanol–water partition coefficient (Wildman–Crippen LogP) is 2.68. The van der Waals surface area contributed by atoms with Crippen molar-refractivity contribution in [3.63, 3.8) is 0 Å². The number of carbonyl (C=O) groups is 2. The fraction of sp³-hybridized carbons (Fsp3) is 0.435. The number of benzene rings is 1. The predicted molar refractivity (Wildman–Crippen MR) is 130 cm³/mol. The largest absolute Gasteiger partial charge is 0.354 e. The molecule has 180 valence electrons. The van der Waals surface area contributed by atoms with E-state index in [1.807, 2.05) is 18.7 Å². The van der Waals surface area contributed by atoms with E-state index in [4.69, 9.17) is 0 Å². The molecule has 0 spiro atoms. The molecule has 4 rings (SSSR count). The number of hydrogen-bond donors (Lipinski definition) is 2. The number of fused-ring (bicyclic) bond motifs is 1. The van der Waals surface area contributed by atoms with E-state index < -0.39 is 11.7 Å². The standard InChI is InChI=1S/C23H27FN6O3S/c1-13(2)26-21(32)15-5-4-8-29(10-15)23-28-20-19(34-23)22(33)30(12-25-20)11-18(31)27-16-7-6-14(3)17(24)9-16/h6-7,9,12-13,15H,4-5,8,10-11H2,1-3H3,(H,26,32)(H,27,31)/t15-/m0/s1. The number of rotatable bonds is 6. The normalized spacial score (nSPS) is 16.1. The van der Waals surface area contributed by atoms with Gasteiger partial charge in [0, 0.05) is 24.8 Å². The summed E-state index contributed by atoms with van der Waals surface area (Å²) >= 11 is 1.21. The van der Waals surface area contributed by atoms with E-state index in [0.717, 1.165) is 19.4 Å². The van der Waals surface area contributed by atoms with Gasteiger partial charge in [0.2, 0.25) is 11.8 Å². The Labute approximate surface area is 200 Å². The number of nitrogens with one attached hydrogen (secondary N) is 2. The second-order valence-corrected chi connectivity index (χ2v) is 9.76. The van der Waals surface area contributed by atoms with Crippen LogP contribution in [0.5, 0.6) is 0 Å². The Morgan fingerprint density at radius 2 is 2.12 bits per heavy atom. The van der Waals surface area contributed by atoms with Crippen molar-refractivity contribution in [3.05, 3.63) is 46.3 Å². The molecule has 1 saturated heterocycles. The first-order valence-electron chi connectivity index (χ1n) is 11.2. The van der Waals surface area contributed by atoms with Crippen molar-refractivity contribution in [3.8, 4) is 0 Å². The molecule has 0 radical (unpaired) electrons. The van der Waals surface area contributed by atoms with Crippen LogP contribution in [0.15, 0.2) is 29.3 Å². The number of hydrogen-bond acceptors (Lipinski definition) is 7. The monoisotopic (exact) mass is 486 g/mol. The summed E-state index contributed by atoms with van der Waals surface area (Å²) in [5.74, 6) is -0.994. The van der Waals surface area contributed by atoms with Gasteiger partial charge in [-0.25, -0.2) is 9.37 Å². The lowest BCUT2D eigenvalue weighted by Gasteiger charge is -2.32. The molecule has 0 saturated carbocycles. The van der Waals surface area contributed by atoms with E-state index >= 15 is 0 Å². The van der Waals surface area contributed by atoms with Gasteiger partial charge in [0.25, 0.3) is 5.56 Å². The van der Waals surface area contributed by atoms with Gasteiger partial charge in [-0.2, -0.15) is 4.98 Å². The van der Waals surface area contributed by atoms with E-state index in [1.165, 1.54) is 28.3 Å². The Kier molecular flexibility index (Phi) is 6.92. The summed E-state index contributed by atoms with van der Waals surface area (Å²) in [6, 6.07) is 4.49. The highest BCUT2D eigenvalue weighted by molar-refractivity contribution is 7.22. The quantitative estimate of drug-likeness (QED) is 0.555. The molecule has 1 aliphatic heterocycles. The maximum atomic E-state index is 13.7. The van der Waals surface area contributed by atoms with Gasteiger partial charge in [0.15, 0.2) is 10.8 Å². The summed E-state index contributed by atoms with van der Waals surface area (Å²) in [6.07, 6.45) is 2.95. The lowest BCUT2D eigenvalue weighted by atomic mass is 9.97. The first-order valence-corrected chi connectivity index (χ1v) is 12.0. The minimum atomic E-state index is -0.466. The molecular formula is C23H27FN6O3S. The first kappa shape index (κ1) is 23.8. The minimum Gasteiger partial charge on any atom is -0.354 e. The molecule has 2 aromatic heterocycles. The van der Waals surface area contributed by atoms with Gasteiger partial charge in [0.1, 0.15) is 23.4 Å². The molecule has 0 bridgehead atoms. The van der Waals surface area contributed by atoms with Crippen LogP contribution in [0.4, 0.5) is 15.2 Å². The van der Waals surface area contributed by atoms with Crippen molar-refractivity contribution in [1.82, 2.24) is 19.9 Å². The fourth-order valence-corrected chi connectivity index (χ4v) is 4.88. The molecule has 34 heavy (non-hydrogen) atoms. The van der Waals surface area contributed by atoms with Gasteiger partial charge in [-0.15, -0.1) is 0 Å². The number of anilines is 2. The lowest BCUT2D eigenvalue weighted by molar-refractivity contribution is -0.125. The lowest BCUT2D eigenvalue weighted by Crippen LogP contribution is -2.44. The van der Waals surface area contributed by atoms with Crippen LogP contribution >= 0.6 is 11.3 Å². The maximum absolute atomic E-state index is 13.7. The number of thiazole rings is 1. The summed E-state index contributed by atoms with van der Waals surface area (Å²) in [6.45, 7) is 6.52. The smallest absolute Gasteiger partial charge is 0.273 e. The van der Waals surface area contributed by atoms with E-state index in [1.54, 1.807) is 19.1 Å². The highest BCUT2D eigenvalue weighted by Gasteiger charge is 2.28. The van der Waals surface area contributed by atoms with Gasteiger partial charge >= 0.3 is 0 Å². The molecule has 0 unspecified atom stereocenters. The Hall–Kier alpha value is -3.34. The number of carbonyl (C=O) groups excluding carboxylic acids is 2. The number of amides is 2. The summed E-state index contributed by atoms with van der Waals surface area (Å²) in [5, 5.41) is 6.19. The van der Waals surface area contributed by atoms with Gasteiger partial charge in [-0.05, 0) is 51.3 Å². The number of aromatic nitrogens is 3. The summed E-state index contributed by atoms with van der Waals surface area (Å²) in [7, 11) is 0. The average molecular weight is 487 g/mol. The zero-order chi connectivity index (χ0) is 24.4. The van der Waals surface area contributed by atoms with E-state index in [9.17, 15) is 18.8 Å². The Morgan fingerprint density at radius 3 is 2.85 bits per heavy atom. The van der Waals surface area contributed by atoms with Crippen LogP contribution in [-0.2, 0) is 16.1 Å². The third kappa shape index (κ3) is 5.24. The Balaban J connectivity index is 1.49.